The van der Waals surface area contributed by atoms with Crippen LogP contribution in [0.1, 0.15) is 29.6 Å². The molecule has 86 valence electrons. The average molecular weight is 221 g/mol. The lowest BCUT2D eigenvalue weighted by Crippen LogP contribution is -2.44. The first-order chi connectivity index (χ1) is 7.66. The maximum absolute atomic E-state index is 11.8. The molecule has 1 saturated carbocycles. The Labute approximate surface area is 93.0 Å². The van der Waals surface area contributed by atoms with Gasteiger partial charge in [-0.2, -0.15) is 0 Å². The molecule has 2 rings (SSSR count). The Kier molecular flexibility index (Phi) is 3.05. The molecule has 0 spiro atoms. The van der Waals surface area contributed by atoms with Gasteiger partial charge in [0.1, 0.15) is 0 Å². The fourth-order valence-electron chi connectivity index (χ4n) is 1.97. The smallest absolute Gasteiger partial charge is 0.253 e. The van der Waals surface area contributed by atoms with E-state index in [1.165, 1.54) is 18.3 Å². The Balaban J connectivity index is 2.02. The number of hydrogen-bond acceptors (Lipinski definition) is 3. The van der Waals surface area contributed by atoms with Gasteiger partial charge in [0, 0.05) is 24.3 Å². The van der Waals surface area contributed by atoms with Crippen LogP contribution in [0.3, 0.4) is 0 Å². The topological polar surface area (TPSA) is 88.0 Å². The maximum atomic E-state index is 11.8. The Morgan fingerprint density at radius 1 is 1.44 bits per heavy atom. The molecule has 0 aliphatic heterocycles. The molecular formula is C11H15N3O2. The van der Waals surface area contributed by atoms with Crippen LogP contribution >= 0.6 is 0 Å². The number of pyridine rings is 1. The van der Waals surface area contributed by atoms with Crippen molar-refractivity contribution in [3.8, 4) is 0 Å². The van der Waals surface area contributed by atoms with E-state index in [1.807, 2.05) is 0 Å². The van der Waals surface area contributed by atoms with Gasteiger partial charge in [0.05, 0.1) is 5.56 Å². The van der Waals surface area contributed by atoms with Crippen LogP contribution in [0.25, 0.3) is 0 Å². The minimum atomic E-state index is -0.214. The van der Waals surface area contributed by atoms with Crippen LogP contribution in [0.2, 0.25) is 0 Å². The quantitative estimate of drug-likeness (QED) is 0.656. The summed E-state index contributed by atoms with van der Waals surface area (Å²) in [6.07, 6.45) is 4.35. The molecule has 4 N–H and O–H groups in total. The molecule has 1 amide bonds. The molecule has 1 aliphatic rings. The van der Waals surface area contributed by atoms with Gasteiger partial charge in [0.15, 0.2) is 0 Å². The molecule has 16 heavy (non-hydrogen) atoms. The monoisotopic (exact) mass is 221 g/mol. The average Bonchev–Trinajstić information content (AvgIpc) is 2.65. The summed E-state index contributed by atoms with van der Waals surface area (Å²) < 4.78 is 0. The van der Waals surface area contributed by atoms with Crippen molar-refractivity contribution in [1.82, 2.24) is 10.3 Å². The normalized spacial score (nSPS) is 24.3. The summed E-state index contributed by atoms with van der Waals surface area (Å²) in [4.78, 5) is 25.1. The molecular weight excluding hydrogens is 206 g/mol. The molecule has 1 aromatic rings. The van der Waals surface area contributed by atoms with Crippen LogP contribution in [0.15, 0.2) is 23.1 Å². The largest absolute Gasteiger partial charge is 0.348 e. The van der Waals surface area contributed by atoms with Crippen molar-refractivity contribution in [2.75, 3.05) is 0 Å². The van der Waals surface area contributed by atoms with Crippen LogP contribution in [-0.2, 0) is 0 Å². The Morgan fingerprint density at radius 3 is 2.81 bits per heavy atom. The summed E-state index contributed by atoms with van der Waals surface area (Å²) >= 11 is 0. The van der Waals surface area contributed by atoms with Crippen LogP contribution < -0.4 is 16.6 Å². The van der Waals surface area contributed by atoms with Crippen molar-refractivity contribution in [1.29, 1.82) is 0 Å². The predicted molar refractivity (Wildman–Crippen MR) is 60.1 cm³/mol. The van der Waals surface area contributed by atoms with Crippen molar-refractivity contribution in [2.24, 2.45) is 5.73 Å². The van der Waals surface area contributed by atoms with Crippen molar-refractivity contribution in [3.63, 3.8) is 0 Å². The molecule has 2 unspecified atom stereocenters. The van der Waals surface area contributed by atoms with Gasteiger partial charge in [0.25, 0.3) is 5.91 Å². The minimum absolute atomic E-state index is 0.0479. The zero-order valence-corrected chi connectivity index (χ0v) is 8.90. The molecule has 1 aromatic heterocycles. The molecule has 0 bridgehead atoms. The van der Waals surface area contributed by atoms with Gasteiger partial charge < -0.3 is 16.0 Å². The highest BCUT2D eigenvalue weighted by atomic mass is 16.2. The highest BCUT2D eigenvalue weighted by molar-refractivity contribution is 5.94. The molecule has 1 heterocycles. The molecule has 1 aliphatic carbocycles. The molecule has 0 saturated heterocycles. The number of carbonyl (C=O) groups excluding carboxylic acids is 1. The van der Waals surface area contributed by atoms with Gasteiger partial charge in [-0.25, -0.2) is 0 Å². The summed E-state index contributed by atoms with van der Waals surface area (Å²) in [5.74, 6) is -0.182. The first kappa shape index (κ1) is 10.9. The van der Waals surface area contributed by atoms with E-state index in [1.54, 1.807) is 0 Å². The maximum Gasteiger partial charge on any atom is 0.253 e. The summed E-state index contributed by atoms with van der Waals surface area (Å²) in [5, 5.41) is 2.88. The second-order valence-corrected chi connectivity index (χ2v) is 4.12. The highest BCUT2D eigenvalue weighted by Gasteiger charge is 2.25. The lowest BCUT2D eigenvalue weighted by molar-refractivity contribution is 0.0934. The summed E-state index contributed by atoms with van der Waals surface area (Å²) in [6.45, 7) is 0. The lowest BCUT2D eigenvalue weighted by Gasteiger charge is -2.16. The zero-order chi connectivity index (χ0) is 11.5. The van der Waals surface area contributed by atoms with Gasteiger partial charge in [-0.3, -0.25) is 9.59 Å². The zero-order valence-electron chi connectivity index (χ0n) is 8.90. The van der Waals surface area contributed by atoms with Crippen molar-refractivity contribution in [2.45, 2.75) is 31.3 Å². The number of aromatic amines is 1. The standard InChI is InChI=1S/C11H15N3O2/c12-8-2-1-3-9(8)14-11(16)7-4-5-10(15)13-6-7/h4-6,8-9H,1-3,12H2,(H,13,15)(H,14,16). The SMILES string of the molecule is NC1CCCC1NC(=O)c1ccc(=O)[nH]c1. The Morgan fingerprint density at radius 2 is 2.25 bits per heavy atom. The first-order valence-corrected chi connectivity index (χ1v) is 5.42. The van der Waals surface area contributed by atoms with Gasteiger partial charge >= 0.3 is 0 Å². The van der Waals surface area contributed by atoms with Gasteiger partial charge in [0.2, 0.25) is 5.56 Å². The number of nitrogens with two attached hydrogens (primary N) is 1. The van der Waals surface area contributed by atoms with Crippen LogP contribution in [0.5, 0.6) is 0 Å². The van der Waals surface area contributed by atoms with Crippen molar-refractivity contribution >= 4 is 5.91 Å². The van der Waals surface area contributed by atoms with Crippen LogP contribution in [0, 0.1) is 0 Å². The van der Waals surface area contributed by atoms with E-state index in [4.69, 9.17) is 5.73 Å². The van der Waals surface area contributed by atoms with Crippen molar-refractivity contribution in [3.05, 3.63) is 34.2 Å². The minimum Gasteiger partial charge on any atom is -0.348 e. The highest BCUT2D eigenvalue weighted by Crippen LogP contribution is 2.17. The fourth-order valence-corrected chi connectivity index (χ4v) is 1.97. The fraction of sp³-hybridized carbons (Fsp3) is 0.455. The number of hydrogen-bond donors (Lipinski definition) is 3. The summed E-state index contributed by atoms with van der Waals surface area (Å²) in [7, 11) is 0. The number of rotatable bonds is 2. The molecule has 1 fully saturated rings. The lowest BCUT2D eigenvalue weighted by atomic mass is 10.1. The van der Waals surface area contributed by atoms with Crippen molar-refractivity contribution < 1.29 is 4.79 Å². The third-order valence-electron chi connectivity index (χ3n) is 2.93. The predicted octanol–water partition coefficient (Wildman–Crippen LogP) is -0.0155. The van der Waals surface area contributed by atoms with E-state index in [-0.39, 0.29) is 23.6 Å². The molecule has 0 radical (unpaired) electrons. The van der Waals surface area contributed by atoms with Gasteiger partial charge in [-0.05, 0) is 25.3 Å². The summed E-state index contributed by atoms with van der Waals surface area (Å²) in [5.41, 5.74) is 6.10. The summed E-state index contributed by atoms with van der Waals surface area (Å²) in [6, 6.07) is 2.95. The third kappa shape index (κ3) is 2.30. The van der Waals surface area contributed by atoms with Gasteiger partial charge in [-0.1, -0.05) is 0 Å². The Hall–Kier alpha value is -1.62. The molecule has 2 atom stereocenters. The van der Waals surface area contributed by atoms with E-state index in [2.05, 4.69) is 10.3 Å². The molecule has 0 aromatic carbocycles. The van der Waals surface area contributed by atoms with E-state index in [0.717, 1.165) is 19.3 Å². The van der Waals surface area contributed by atoms with Crippen LogP contribution in [-0.4, -0.2) is 23.0 Å². The van der Waals surface area contributed by atoms with E-state index in [9.17, 15) is 9.59 Å². The van der Waals surface area contributed by atoms with E-state index < -0.39 is 0 Å². The second kappa shape index (κ2) is 4.49. The number of aromatic nitrogens is 1. The van der Waals surface area contributed by atoms with Gasteiger partial charge in [-0.15, -0.1) is 0 Å². The molecule has 5 heteroatoms. The number of amides is 1. The molecule has 5 nitrogen and oxygen atoms in total. The van der Waals surface area contributed by atoms with Crippen LogP contribution in [0.4, 0.5) is 0 Å². The number of H-pyrrole nitrogens is 1. The second-order valence-electron chi connectivity index (χ2n) is 4.12. The number of nitrogens with one attached hydrogen (secondary N) is 2. The Bertz CT molecular complexity index is 421. The van der Waals surface area contributed by atoms with E-state index >= 15 is 0 Å². The number of carbonyl (C=O) groups is 1. The first-order valence-electron chi connectivity index (χ1n) is 5.42. The third-order valence-corrected chi connectivity index (χ3v) is 2.93. The van der Waals surface area contributed by atoms with E-state index in [0.29, 0.717) is 5.56 Å².